The van der Waals surface area contributed by atoms with Crippen molar-refractivity contribution in [3.05, 3.63) is 17.5 Å². The molecular weight excluding hydrogens is 298 g/mol. The van der Waals surface area contributed by atoms with E-state index in [-0.39, 0.29) is 24.6 Å². The van der Waals surface area contributed by atoms with E-state index >= 15 is 0 Å². The number of nitrogens with zero attached hydrogens (tertiary/aromatic N) is 4. The van der Waals surface area contributed by atoms with Gasteiger partial charge in [0.25, 0.3) is 0 Å². The normalized spacial score (nSPS) is 22.4. The van der Waals surface area contributed by atoms with Gasteiger partial charge in [0.1, 0.15) is 0 Å². The Balaban J connectivity index is 1.54. The van der Waals surface area contributed by atoms with Gasteiger partial charge in [-0.25, -0.2) is 4.79 Å². The summed E-state index contributed by atoms with van der Waals surface area (Å²) in [5, 5.41) is 7.10. The molecule has 2 saturated heterocycles. The standard InChI is InChI=1S/C15H23N5O3/c1-11-7-12(2)20(17-11)9-13-8-18(5-6-23-13)10-14(21)19-4-3-16-15(19)22/h7,13H,3-6,8-10H2,1-2H3,(H,16,22)/t13-/m0/s1. The number of aryl methyl sites for hydroxylation is 2. The molecule has 0 spiro atoms. The number of nitrogens with one attached hydrogen (secondary N) is 1. The fourth-order valence-electron chi connectivity index (χ4n) is 3.07. The molecule has 2 fully saturated rings. The maximum atomic E-state index is 12.2. The average Bonchev–Trinajstić information content (AvgIpc) is 3.05. The van der Waals surface area contributed by atoms with Crippen molar-refractivity contribution in [2.24, 2.45) is 0 Å². The van der Waals surface area contributed by atoms with E-state index < -0.39 is 0 Å². The molecule has 8 nitrogen and oxygen atoms in total. The molecule has 1 atom stereocenters. The van der Waals surface area contributed by atoms with Crippen LogP contribution in [0.4, 0.5) is 4.79 Å². The SMILES string of the molecule is Cc1cc(C)n(C[C@@H]2CN(CC(=O)N3CCNC3=O)CCO2)n1. The summed E-state index contributed by atoms with van der Waals surface area (Å²) in [6, 6.07) is 1.75. The molecule has 0 radical (unpaired) electrons. The lowest BCUT2D eigenvalue weighted by atomic mass is 10.2. The molecule has 1 N–H and O–H groups in total. The third kappa shape index (κ3) is 3.70. The molecule has 1 aromatic rings. The first-order valence-electron chi connectivity index (χ1n) is 7.96. The lowest BCUT2D eigenvalue weighted by Gasteiger charge is -2.33. The second-order valence-corrected chi connectivity index (χ2v) is 6.11. The second-order valence-electron chi connectivity index (χ2n) is 6.11. The Kier molecular flexibility index (Phi) is 4.63. The average molecular weight is 321 g/mol. The first-order valence-corrected chi connectivity index (χ1v) is 7.96. The molecule has 2 aliphatic rings. The summed E-state index contributed by atoms with van der Waals surface area (Å²) < 4.78 is 7.74. The minimum absolute atomic E-state index is 0.00181. The van der Waals surface area contributed by atoms with Crippen LogP contribution in [0.25, 0.3) is 0 Å². The van der Waals surface area contributed by atoms with Crippen molar-refractivity contribution >= 4 is 11.9 Å². The van der Waals surface area contributed by atoms with Crippen LogP contribution >= 0.6 is 0 Å². The van der Waals surface area contributed by atoms with Crippen LogP contribution in [-0.2, 0) is 16.1 Å². The lowest BCUT2D eigenvalue weighted by Crippen LogP contribution is -2.49. The lowest BCUT2D eigenvalue weighted by molar-refractivity contribution is -0.131. The van der Waals surface area contributed by atoms with Gasteiger partial charge < -0.3 is 10.1 Å². The van der Waals surface area contributed by atoms with Gasteiger partial charge in [-0.1, -0.05) is 0 Å². The van der Waals surface area contributed by atoms with E-state index in [1.54, 1.807) is 0 Å². The van der Waals surface area contributed by atoms with Crippen LogP contribution in [0.2, 0.25) is 0 Å². The number of hydrogen-bond donors (Lipinski definition) is 1. The molecule has 1 aromatic heterocycles. The van der Waals surface area contributed by atoms with Gasteiger partial charge in [-0.2, -0.15) is 5.10 Å². The summed E-state index contributed by atoms with van der Waals surface area (Å²) in [6.45, 7) is 7.87. The highest BCUT2D eigenvalue weighted by Gasteiger charge is 2.29. The zero-order valence-corrected chi connectivity index (χ0v) is 13.6. The summed E-state index contributed by atoms with van der Waals surface area (Å²) in [5.41, 5.74) is 2.10. The van der Waals surface area contributed by atoms with Gasteiger partial charge in [-0.05, 0) is 19.9 Å². The van der Waals surface area contributed by atoms with Crippen molar-refractivity contribution < 1.29 is 14.3 Å². The minimum Gasteiger partial charge on any atom is -0.374 e. The highest BCUT2D eigenvalue weighted by Crippen LogP contribution is 2.11. The van der Waals surface area contributed by atoms with Gasteiger partial charge in [-0.3, -0.25) is 19.3 Å². The number of ether oxygens (including phenoxy) is 1. The van der Waals surface area contributed by atoms with E-state index in [4.69, 9.17) is 4.74 Å². The molecule has 0 aromatic carbocycles. The first kappa shape index (κ1) is 15.9. The predicted octanol–water partition coefficient (Wildman–Crippen LogP) is -0.247. The van der Waals surface area contributed by atoms with Crippen LogP contribution in [0.3, 0.4) is 0 Å². The maximum Gasteiger partial charge on any atom is 0.324 e. The van der Waals surface area contributed by atoms with Crippen molar-refractivity contribution in [1.29, 1.82) is 0 Å². The van der Waals surface area contributed by atoms with Crippen molar-refractivity contribution in [1.82, 2.24) is 24.9 Å². The molecule has 0 unspecified atom stereocenters. The van der Waals surface area contributed by atoms with Crippen LogP contribution in [0.15, 0.2) is 6.07 Å². The maximum absolute atomic E-state index is 12.2. The van der Waals surface area contributed by atoms with E-state index in [9.17, 15) is 9.59 Å². The fraction of sp³-hybridized carbons (Fsp3) is 0.667. The van der Waals surface area contributed by atoms with Crippen molar-refractivity contribution in [3.63, 3.8) is 0 Å². The summed E-state index contributed by atoms with van der Waals surface area (Å²) in [7, 11) is 0. The molecule has 0 aliphatic carbocycles. The topological polar surface area (TPSA) is 79.7 Å². The second kappa shape index (κ2) is 6.67. The number of rotatable bonds is 4. The summed E-state index contributed by atoms with van der Waals surface area (Å²) in [5.74, 6) is -0.147. The smallest absolute Gasteiger partial charge is 0.324 e. The van der Waals surface area contributed by atoms with Crippen LogP contribution in [0, 0.1) is 13.8 Å². The number of aromatic nitrogens is 2. The van der Waals surface area contributed by atoms with E-state index in [2.05, 4.69) is 10.4 Å². The quantitative estimate of drug-likeness (QED) is 0.827. The van der Waals surface area contributed by atoms with Crippen LogP contribution in [-0.4, -0.2) is 77.0 Å². The van der Waals surface area contributed by atoms with E-state index in [1.165, 1.54) is 4.90 Å². The monoisotopic (exact) mass is 321 g/mol. The van der Waals surface area contributed by atoms with Gasteiger partial charge in [-0.15, -0.1) is 0 Å². The van der Waals surface area contributed by atoms with Gasteiger partial charge in [0, 0.05) is 31.9 Å². The molecule has 8 heteroatoms. The highest BCUT2D eigenvalue weighted by molar-refractivity contribution is 5.96. The van der Waals surface area contributed by atoms with Gasteiger partial charge in [0.05, 0.1) is 31.5 Å². The summed E-state index contributed by atoms with van der Waals surface area (Å²) in [4.78, 5) is 27.1. The van der Waals surface area contributed by atoms with Crippen LogP contribution in [0.1, 0.15) is 11.4 Å². The molecule has 126 valence electrons. The predicted molar refractivity (Wildman–Crippen MR) is 83.0 cm³/mol. The largest absolute Gasteiger partial charge is 0.374 e. The fourth-order valence-corrected chi connectivity index (χ4v) is 3.07. The van der Waals surface area contributed by atoms with Gasteiger partial charge in [0.2, 0.25) is 5.91 Å². The summed E-state index contributed by atoms with van der Waals surface area (Å²) in [6.07, 6.45) is 0.00181. The van der Waals surface area contributed by atoms with E-state index in [0.29, 0.717) is 39.3 Å². The number of amides is 3. The number of carbonyl (C=O) groups excluding carboxylic acids is 2. The first-order chi connectivity index (χ1) is 11.0. The highest BCUT2D eigenvalue weighted by atomic mass is 16.5. The molecule has 23 heavy (non-hydrogen) atoms. The number of morpholine rings is 1. The Morgan fingerprint density at radius 3 is 2.91 bits per heavy atom. The van der Waals surface area contributed by atoms with Crippen LogP contribution < -0.4 is 5.32 Å². The molecule has 0 saturated carbocycles. The number of imide groups is 1. The summed E-state index contributed by atoms with van der Waals surface area (Å²) >= 11 is 0. The Bertz CT molecular complexity index is 600. The zero-order valence-electron chi connectivity index (χ0n) is 13.6. The molecule has 2 aliphatic heterocycles. The molecule has 0 bridgehead atoms. The zero-order chi connectivity index (χ0) is 16.4. The van der Waals surface area contributed by atoms with E-state index in [1.807, 2.05) is 29.5 Å². The van der Waals surface area contributed by atoms with E-state index in [0.717, 1.165) is 11.4 Å². The Labute approximate surface area is 135 Å². The number of urea groups is 1. The van der Waals surface area contributed by atoms with Crippen molar-refractivity contribution in [3.8, 4) is 0 Å². The molecule has 3 amide bonds. The third-order valence-corrected chi connectivity index (χ3v) is 4.22. The van der Waals surface area contributed by atoms with Crippen molar-refractivity contribution in [2.75, 3.05) is 39.3 Å². The number of carbonyl (C=O) groups is 2. The Hall–Kier alpha value is -1.93. The van der Waals surface area contributed by atoms with Crippen LogP contribution in [0.5, 0.6) is 0 Å². The number of hydrogen-bond acceptors (Lipinski definition) is 5. The van der Waals surface area contributed by atoms with Gasteiger partial charge in [0.15, 0.2) is 0 Å². The molecule has 3 rings (SSSR count). The van der Waals surface area contributed by atoms with Gasteiger partial charge >= 0.3 is 6.03 Å². The molecule has 3 heterocycles. The molecular formula is C15H23N5O3. The Morgan fingerprint density at radius 1 is 1.43 bits per heavy atom. The minimum atomic E-state index is -0.289. The van der Waals surface area contributed by atoms with Crippen molar-refractivity contribution in [2.45, 2.75) is 26.5 Å². The Morgan fingerprint density at radius 2 is 2.26 bits per heavy atom. The third-order valence-electron chi connectivity index (χ3n) is 4.22.